The molecule has 0 radical (unpaired) electrons. The van der Waals surface area contributed by atoms with Crippen molar-refractivity contribution in [2.75, 3.05) is 5.75 Å². The fourth-order valence-electron chi connectivity index (χ4n) is 1.14. The predicted molar refractivity (Wildman–Crippen MR) is 60.8 cm³/mol. The van der Waals surface area contributed by atoms with Crippen molar-refractivity contribution >= 4 is 23.4 Å². The van der Waals surface area contributed by atoms with E-state index in [0.717, 1.165) is 5.56 Å². The minimum Gasteiger partial charge on any atom is -0.481 e. The first-order valence-corrected chi connectivity index (χ1v) is 5.59. The normalized spacial score (nSPS) is 10.1. The van der Waals surface area contributed by atoms with Gasteiger partial charge in [0, 0.05) is 11.8 Å². The molecule has 1 N–H and O–H groups in total. The lowest BCUT2D eigenvalue weighted by Gasteiger charge is -2.02. The average Bonchev–Trinajstić information content (AvgIpc) is 2.16. The Hall–Kier alpha value is -1.56. The van der Waals surface area contributed by atoms with Crippen molar-refractivity contribution in [2.24, 2.45) is 0 Å². The molecule has 0 aliphatic carbocycles. The molecule has 5 nitrogen and oxygen atoms in total. The van der Waals surface area contributed by atoms with E-state index >= 15 is 0 Å². The number of hydrogen-bond acceptors (Lipinski definition) is 4. The molecule has 1 rings (SSSR count). The van der Waals surface area contributed by atoms with Crippen LogP contribution >= 0.6 is 11.8 Å². The third kappa shape index (κ3) is 3.54. The van der Waals surface area contributed by atoms with Gasteiger partial charge in [0.05, 0.1) is 16.2 Å². The number of rotatable bonds is 5. The smallest absolute Gasteiger partial charge is 0.304 e. The highest BCUT2D eigenvalue weighted by molar-refractivity contribution is 7.99. The molecule has 0 aromatic heterocycles. The van der Waals surface area contributed by atoms with E-state index < -0.39 is 10.9 Å². The van der Waals surface area contributed by atoms with Crippen molar-refractivity contribution in [1.82, 2.24) is 0 Å². The van der Waals surface area contributed by atoms with Gasteiger partial charge in [-0.1, -0.05) is 6.07 Å². The lowest BCUT2D eigenvalue weighted by molar-refractivity contribution is -0.387. The van der Waals surface area contributed by atoms with Crippen LogP contribution in [0.15, 0.2) is 23.1 Å². The van der Waals surface area contributed by atoms with Crippen molar-refractivity contribution in [3.05, 3.63) is 33.9 Å². The molecule has 16 heavy (non-hydrogen) atoms. The number of nitrogens with zero attached hydrogens (tertiary/aromatic N) is 1. The Balaban J connectivity index is 2.80. The Morgan fingerprint density at radius 2 is 2.25 bits per heavy atom. The molecule has 0 heterocycles. The number of nitro benzene ring substituents is 1. The topological polar surface area (TPSA) is 80.4 Å². The third-order valence-electron chi connectivity index (χ3n) is 1.89. The summed E-state index contributed by atoms with van der Waals surface area (Å²) in [7, 11) is 0. The van der Waals surface area contributed by atoms with Gasteiger partial charge in [0.2, 0.25) is 0 Å². The van der Waals surface area contributed by atoms with Crippen LogP contribution in [0.3, 0.4) is 0 Å². The summed E-state index contributed by atoms with van der Waals surface area (Å²) in [6.07, 6.45) is -0.00420. The van der Waals surface area contributed by atoms with Crippen molar-refractivity contribution in [1.29, 1.82) is 0 Å². The van der Waals surface area contributed by atoms with Gasteiger partial charge in [-0.15, -0.1) is 11.8 Å². The molecule has 0 fully saturated rings. The number of aryl methyl sites for hydroxylation is 1. The fraction of sp³-hybridized carbons (Fsp3) is 0.300. The predicted octanol–water partition coefficient (Wildman–Crippen LogP) is 2.47. The zero-order valence-corrected chi connectivity index (χ0v) is 9.49. The number of benzene rings is 1. The number of thioether (sulfide) groups is 1. The van der Waals surface area contributed by atoms with Crippen LogP contribution in [0.4, 0.5) is 5.69 Å². The van der Waals surface area contributed by atoms with E-state index in [2.05, 4.69) is 0 Å². The molecule has 86 valence electrons. The number of nitro groups is 1. The number of carboxylic acid groups (broad SMARTS) is 1. The van der Waals surface area contributed by atoms with Crippen LogP contribution in [0.2, 0.25) is 0 Å². The molecule has 6 heteroatoms. The van der Waals surface area contributed by atoms with Gasteiger partial charge in [0.1, 0.15) is 0 Å². The molecule has 0 unspecified atom stereocenters. The van der Waals surface area contributed by atoms with Crippen molar-refractivity contribution < 1.29 is 14.8 Å². The van der Waals surface area contributed by atoms with Gasteiger partial charge in [-0.25, -0.2) is 0 Å². The van der Waals surface area contributed by atoms with Gasteiger partial charge in [-0.3, -0.25) is 14.9 Å². The van der Waals surface area contributed by atoms with E-state index in [1.54, 1.807) is 12.1 Å². The molecule has 0 aliphatic rings. The summed E-state index contributed by atoms with van der Waals surface area (Å²) in [5.74, 6) is -0.567. The minimum atomic E-state index is -0.900. The lowest BCUT2D eigenvalue weighted by Crippen LogP contribution is -1.97. The van der Waals surface area contributed by atoms with Gasteiger partial charge >= 0.3 is 5.97 Å². The molecule has 0 saturated heterocycles. The van der Waals surface area contributed by atoms with Crippen LogP contribution in [-0.4, -0.2) is 21.8 Å². The van der Waals surface area contributed by atoms with Gasteiger partial charge in [0.25, 0.3) is 5.69 Å². The number of hydrogen-bond donors (Lipinski definition) is 1. The van der Waals surface area contributed by atoms with E-state index in [1.807, 2.05) is 6.92 Å². The van der Waals surface area contributed by atoms with Crippen molar-refractivity contribution in [2.45, 2.75) is 18.2 Å². The van der Waals surface area contributed by atoms with Crippen LogP contribution in [0.1, 0.15) is 12.0 Å². The summed E-state index contributed by atoms with van der Waals surface area (Å²) in [5.41, 5.74) is 0.949. The summed E-state index contributed by atoms with van der Waals surface area (Å²) in [6, 6.07) is 4.81. The zero-order valence-electron chi connectivity index (χ0n) is 8.67. The van der Waals surface area contributed by atoms with Crippen LogP contribution in [0.25, 0.3) is 0 Å². The molecular weight excluding hydrogens is 230 g/mol. The fourth-order valence-corrected chi connectivity index (χ4v) is 2.19. The first-order valence-electron chi connectivity index (χ1n) is 4.60. The second-order valence-corrected chi connectivity index (χ2v) is 4.36. The average molecular weight is 241 g/mol. The Morgan fingerprint density at radius 3 is 2.81 bits per heavy atom. The summed E-state index contributed by atoms with van der Waals surface area (Å²) >= 11 is 1.20. The van der Waals surface area contributed by atoms with E-state index in [0.29, 0.717) is 10.6 Å². The van der Waals surface area contributed by atoms with Gasteiger partial charge in [-0.05, 0) is 18.6 Å². The summed E-state index contributed by atoms with van der Waals surface area (Å²) in [5, 5.41) is 19.2. The molecule has 1 aromatic carbocycles. The Labute approximate surface area is 96.6 Å². The standard InChI is InChI=1S/C10H11NO4S/c1-7-2-3-8(11(14)15)9(6-7)16-5-4-10(12)13/h2-3,6H,4-5H2,1H3,(H,12,13). The first kappa shape index (κ1) is 12.5. The molecule has 0 aliphatic heterocycles. The number of carbonyl (C=O) groups is 1. The monoisotopic (exact) mass is 241 g/mol. The highest BCUT2D eigenvalue weighted by Crippen LogP contribution is 2.30. The highest BCUT2D eigenvalue weighted by atomic mass is 32.2. The second-order valence-electron chi connectivity index (χ2n) is 3.22. The van der Waals surface area contributed by atoms with E-state index in [9.17, 15) is 14.9 Å². The lowest BCUT2D eigenvalue weighted by atomic mass is 10.2. The van der Waals surface area contributed by atoms with Crippen LogP contribution in [-0.2, 0) is 4.79 Å². The quantitative estimate of drug-likeness (QED) is 0.486. The van der Waals surface area contributed by atoms with E-state index in [1.165, 1.54) is 17.8 Å². The van der Waals surface area contributed by atoms with Gasteiger partial charge in [0.15, 0.2) is 0 Å². The summed E-state index contributed by atoms with van der Waals surface area (Å²) in [4.78, 5) is 21.1. The maximum atomic E-state index is 10.7. The van der Waals surface area contributed by atoms with Crippen LogP contribution in [0.5, 0.6) is 0 Å². The molecule has 1 aromatic rings. The van der Waals surface area contributed by atoms with E-state index in [-0.39, 0.29) is 12.1 Å². The second kappa shape index (κ2) is 5.50. The van der Waals surface area contributed by atoms with Gasteiger partial charge in [-0.2, -0.15) is 0 Å². The summed E-state index contributed by atoms with van der Waals surface area (Å²) < 4.78 is 0. The zero-order chi connectivity index (χ0) is 12.1. The molecule has 0 spiro atoms. The maximum Gasteiger partial charge on any atom is 0.304 e. The van der Waals surface area contributed by atoms with Crippen molar-refractivity contribution in [3.63, 3.8) is 0 Å². The van der Waals surface area contributed by atoms with Crippen LogP contribution in [0, 0.1) is 17.0 Å². The number of aliphatic carboxylic acids is 1. The van der Waals surface area contributed by atoms with Crippen LogP contribution < -0.4 is 0 Å². The minimum absolute atomic E-state index is 0.00420. The number of carboxylic acids is 1. The maximum absolute atomic E-state index is 10.7. The van der Waals surface area contributed by atoms with Crippen molar-refractivity contribution in [3.8, 4) is 0 Å². The molecule has 0 atom stereocenters. The molecule has 0 amide bonds. The SMILES string of the molecule is Cc1ccc([N+](=O)[O-])c(SCCC(=O)O)c1. The first-order chi connectivity index (χ1) is 7.50. The molecular formula is C10H11NO4S. The largest absolute Gasteiger partial charge is 0.481 e. The highest BCUT2D eigenvalue weighted by Gasteiger charge is 2.13. The third-order valence-corrected chi connectivity index (χ3v) is 2.93. The van der Waals surface area contributed by atoms with E-state index in [4.69, 9.17) is 5.11 Å². The Kier molecular flexibility index (Phi) is 4.30. The summed E-state index contributed by atoms with van der Waals surface area (Å²) in [6.45, 7) is 1.84. The Bertz CT molecular complexity index is 419. The van der Waals surface area contributed by atoms with Gasteiger partial charge < -0.3 is 5.11 Å². The Morgan fingerprint density at radius 1 is 1.56 bits per heavy atom. The molecule has 0 bridgehead atoms. The molecule has 0 saturated carbocycles.